The first-order valence-corrected chi connectivity index (χ1v) is 4.24. The van der Waals surface area contributed by atoms with Gasteiger partial charge in [0, 0.05) is 10.4 Å². The normalized spacial score (nSPS) is 12.5. The summed E-state index contributed by atoms with van der Waals surface area (Å²) in [5.74, 6) is -0.00694. The highest BCUT2D eigenvalue weighted by Crippen LogP contribution is 2.17. The molecule has 0 fully saturated rings. The van der Waals surface area contributed by atoms with Crippen molar-refractivity contribution in [2.75, 3.05) is 0 Å². The fourth-order valence-electron chi connectivity index (χ4n) is 0.868. The van der Waals surface area contributed by atoms with Crippen LogP contribution in [0, 0.1) is 0 Å². The molecule has 0 radical (unpaired) electrons. The zero-order valence-electron chi connectivity index (χ0n) is 6.25. The Bertz CT molecular complexity index is 257. The van der Waals surface area contributed by atoms with Crippen molar-refractivity contribution in [3.8, 4) is 0 Å². The van der Waals surface area contributed by atoms with Crippen LogP contribution in [0.25, 0.3) is 0 Å². The van der Waals surface area contributed by atoms with E-state index in [4.69, 9.17) is 0 Å². The maximum absolute atomic E-state index is 10.4. The molecule has 0 unspecified atom stereocenters. The molecule has 0 aliphatic rings. The summed E-state index contributed by atoms with van der Waals surface area (Å²) in [4.78, 5) is 10.4. The van der Waals surface area contributed by atoms with Crippen LogP contribution in [-0.2, 0) is 4.79 Å². The maximum atomic E-state index is 10.4. The van der Waals surface area contributed by atoms with E-state index >= 15 is 0 Å². The van der Waals surface area contributed by atoms with Gasteiger partial charge in [0.05, 0.1) is 0 Å². The topological polar surface area (TPSA) is 17.1 Å². The largest absolute Gasteiger partial charge is 0.303 e. The van der Waals surface area contributed by atoms with Crippen LogP contribution in [0.3, 0.4) is 0 Å². The summed E-state index contributed by atoms with van der Waals surface area (Å²) in [6.45, 7) is 1.88. The van der Waals surface area contributed by atoms with Crippen LogP contribution in [0.1, 0.15) is 18.4 Å². The smallest absolute Gasteiger partial charge is 0.127 e. The van der Waals surface area contributed by atoms with Crippen molar-refractivity contribution in [2.24, 2.45) is 0 Å². The molecule has 1 aromatic carbocycles. The lowest BCUT2D eigenvalue weighted by Crippen LogP contribution is -1.92. The van der Waals surface area contributed by atoms with Crippen LogP contribution in [0.15, 0.2) is 28.7 Å². The first kappa shape index (κ1) is 8.47. The number of hydrogen-bond donors (Lipinski definition) is 0. The highest BCUT2D eigenvalue weighted by atomic mass is 79.9. The monoisotopic (exact) mass is 212 g/mol. The number of carbonyl (C=O) groups excluding carboxylic acids is 1. The van der Waals surface area contributed by atoms with Crippen molar-refractivity contribution in [1.29, 1.82) is 0 Å². The summed E-state index contributed by atoms with van der Waals surface area (Å²) in [5, 5.41) is 0. The lowest BCUT2D eigenvalue weighted by Gasteiger charge is -2.02. The van der Waals surface area contributed by atoms with E-state index in [1.54, 1.807) is 0 Å². The maximum Gasteiger partial charge on any atom is 0.127 e. The molecule has 0 saturated heterocycles. The third kappa shape index (κ3) is 2.15. The molecule has 1 aromatic rings. The molecule has 0 aliphatic carbocycles. The van der Waals surface area contributed by atoms with Crippen LogP contribution in [0.4, 0.5) is 0 Å². The Kier molecular flexibility index (Phi) is 2.83. The van der Waals surface area contributed by atoms with Gasteiger partial charge in [-0.1, -0.05) is 35.0 Å². The Hall–Kier alpha value is -0.630. The van der Waals surface area contributed by atoms with Crippen molar-refractivity contribution in [3.63, 3.8) is 0 Å². The third-order valence-corrected chi connectivity index (χ3v) is 2.07. The van der Waals surface area contributed by atoms with Crippen LogP contribution < -0.4 is 0 Å². The number of benzene rings is 1. The molecule has 0 spiro atoms. The molecule has 0 amide bonds. The Labute approximate surface area is 74.6 Å². The van der Waals surface area contributed by atoms with Crippen molar-refractivity contribution in [1.82, 2.24) is 0 Å². The van der Waals surface area contributed by atoms with Gasteiger partial charge in [-0.15, -0.1) is 0 Å². The van der Waals surface area contributed by atoms with E-state index in [1.807, 2.05) is 31.2 Å². The van der Waals surface area contributed by atoms with E-state index in [-0.39, 0.29) is 5.92 Å². The SMILES string of the molecule is C[C@@H](C=O)c1cccc(Br)c1. The second-order valence-electron chi connectivity index (χ2n) is 2.48. The second-order valence-corrected chi connectivity index (χ2v) is 3.40. The Morgan fingerprint density at radius 3 is 2.82 bits per heavy atom. The summed E-state index contributed by atoms with van der Waals surface area (Å²) < 4.78 is 1.02. The third-order valence-electron chi connectivity index (χ3n) is 1.58. The molecule has 1 nitrogen and oxygen atoms in total. The zero-order valence-corrected chi connectivity index (χ0v) is 7.84. The number of carbonyl (C=O) groups is 1. The predicted octanol–water partition coefficient (Wildman–Crippen LogP) is 2.75. The summed E-state index contributed by atoms with van der Waals surface area (Å²) in [7, 11) is 0. The van der Waals surface area contributed by atoms with E-state index in [2.05, 4.69) is 15.9 Å². The van der Waals surface area contributed by atoms with Gasteiger partial charge in [-0.05, 0) is 17.7 Å². The van der Waals surface area contributed by atoms with Crippen molar-refractivity contribution >= 4 is 22.2 Å². The van der Waals surface area contributed by atoms with E-state index in [1.165, 1.54) is 0 Å². The van der Waals surface area contributed by atoms with Gasteiger partial charge in [0.25, 0.3) is 0 Å². The van der Waals surface area contributed by atoms with Crippen molar-refractivity contribution in [3.05, 3.63) is 34.3 Å². The first-order valence-electron chi connectivity index (χ1n) is 3.45. The number of halogens is 1. The molecular formula is C9H9BrO. The van der Waals surface area contributed by atoms with Gasteiger partial charge < -0.3 is 4.79 Å². The molecule has 2 heteroatoms. The summed E-state index contributed by atoms with van der Waals surface area (Å²) in [6, 6.07) is 7.78. The lowest BCUT2D eigenvalue weighted by molar-refractivity contribution is -0.108. The van der Waals surface area contributed by atoms with Gasteiger partial charge in [-0.3, -0.25) is 0 Å². The molecule has 0 heterocycles. The summed E-state index contributed by atoms with van der Waals surface area (Å²) in [6.07, 6.45) is 0.946. The van der Waals surface area contributed by atoms with Crippen LogP contribution in [0.5, 0.6) is 0 Å². The first-order chi connectivity index (χ1) is 5.24. The fraction of sp³-hybridized carbons (Fsp3) is 0.222. The van der Waals surface area contributed by atoms with E-state index in [0.29, 0.717) is 0 Å². The minimum Gasteiger partial charge on any atom is -0.303 e. The summed E-state index contributed by atoms with van der Waals surface area (Å²) in [5.41, 5.74) is 1.05. The van der Waals surface area contributed by atoms with Crippen molar-refractivity contribution < 1.29 is 4.79 Å². The second kappa shape index (κ2) is 3.67. The predicted molar refractivity (Wildman–Crippen MR) is 48.6 cm³/mol. The molecule has 11 heavy (non-hydrogen) atoms. The van der Waals surface area contributed by atoms with Gasteiger partial charge in [0.1, 0.15) is 6.29 Å². The molecule has 1 atom stereocenters. The Morgan fingerprint density at radius 2 is 2.27 bits per heavy atom. The Balaban J connectivity index is 2.95. The quantitative estimate of drug-likeness (QED) is 0.690. The van der Waals surface area contributed by atoms with Crippen LogP contribution >= 0.6 is 15.9 Å². The molecule has 0 N–H and O–H groups in total. The van der Waals surface area contributed by atoms with Gasteiger partial charge in [0.2, 0.25) is 0 Å². The summed E-state index contributed by atoms with van der Waals surface area (Å²) >= 11 is 3.34. The highest BCUT2D eigenvalue weighted by molar-refractivity contribution is 9.10. The van der Waals surface area contributed by atoms with E-state index in [9.17, 15) is 4.79 Å². The standard InChI is InChI=1S/C9H9BrO/c1-7(6-11)8-3-2-4-9(10)5-8/h2-7H,1H3/t7-/m0/s1. The minimum absolute atomic E-state index is 0.00694. The fourth-order valence-corrected chi connectivity index (χ4v) is 1.29. The number of aldehydes is 1. The molecule has 0 bridgehead atoms. The van der Waals surface area contributed by atoms with E-state index < -0.39 is 0 Å². The molecule has 0 saturated carbocycles. The average molecular weight is 213 g/mol. The lowest BCUT2D eigenvalue weighted by atomic mass is 10.0. The molecule has 0 aromatic heterocycles. The van der Waals surface area contributed by atoms with Gasteiger partial charge >= 0.3 is 0 Å². The van der Waals surface area contributed by atoms with Crippen molar-refractivity contribution in [2.45, 2.75) is 12.8 Å². The Morgan fingerprint density at radius 1 is 1.55 bits per heavy atom. The average Bonchev–Trinajstić information content (AvgIpc) is 2.03. The van der Waals surface area contributed by atoms with Gasteiger partial charge in [-0.25, -0.2) is 0 Å². The zero-order chi connectivity index (χ0) is 8.27. The molecule has 58 valence electrons. The van der Waals surface area contributed by atoms with Gasteiger partial charge in [-0.2, -0.15) is 0 Å². The van der Waals surface area contributed by atoms with Crippen LogP contribution in [0.2, 0.25) is 0 Å². The highest BCUT2D eigenvalue weighted by Gasteiger charge is 2.02. The van der Waals surface area contributed by atoms with Gasteiger partial charge in [0.15, 0.2) is 0 Å². The number of rotatable bonds is 2. The molecular weight excluding hydrogens is 204 g/mol. The minimum atomic E-state index is -0.00694. The molecule has 0 aliphatic heterocycles. The van der Waals surface area contributed by atoms with E-state index in [0.717, 1.165) is 16.3 Å². The molecule has 1 rings (SSSR count). The van der Waals surface area contributed by atoms with Crippen LogP contribution in [-0.4, -0.2) is 6.29 Å². The number of hydrogen-bond acceptors (Lipinski definition) is 1.